The quantitative estimate of drug-likeness (QED) is 0.344. The number of hydrogen-bond acceptors (Lipinski definition) is 7. The van der Waals surface area contributed by atoms with Gasteiger partial charge in [0.25, 0.3) is 0 Å². The molecule has 0 saturated carbocycles. The van der Waals surface area contributed by atoms with Crippen molar-refractivity contribution in [2.75, 3.05) is 11.9 Å². The fourth-order valence-electron chi connectivity index (χ4n) is 3.86. The summed E-state index contributed by atoms with van der Waals surface area (Å²) < 4.78 is 11.6. The molecular weight excluding hydrogens is 444 g/mol. The molecule has 5 rings (SSSR count). The lowest BCUT2D eigenvalue weighted by Crippen LogP contribution is -2.22. The van der Waals surface area contributed by atoms with Gasteiger partial charge in [-0.1, -0.05) is 29.8 Å². The normalized spacial score (nSPS) is 17.9. The fraction of sp³-hybridized carbons (Fsp3) is 0.208. The third-order valence-electron chi connectivity index (χ3n) is 5.49. The van der Waals surface area contributed by atoms with Crippen LogP contribution >= 0.6 is 11.6 Å². The minimum absolute atomic E-state index is 0.0340. The second-order valence-corrected chi connectivity index (χ2v) is 8.09. The van der Waals surface area contributed by atoms with Crippen LogP contribution in [-0.2, 0) is 4.74 Å². The predicted molar refractivity (Wildman–Crippen MR) is 124 cm³/mol. The van der Waals surface area contributed by atoms with Gasteiger partial charge in [0, 0.05) is 17.8 Å². The summed E-state index contributed by atoms with van der Waals surface area (Å²) in [5.74, 6) is 1.42. The van der Waals surface area contributed by atoms with Crippen molar-refractivity contribution in [2.45, 2.75) is 25.2 Å². The molecule has 2 aromatic heterocycles. The van der Waals surface area contributed by atoms with E-state index in [0.29, 0.717) is 39.5 Å². The van der Waals surface area contributed by atoms with Crippen molar-refractivity contribution < 1.29 is 19.4 Å². The fourth-order valence-corrected chi connectivity index (χ4v) is 4.12. The lowest BCUT2D eigenvalue weighted by molar-refractivity contribution is 0.0234. The number of hydrogen-bond donors (Lipinski definition) is 3. The van der Waals surface area contributed by atoms with Crippen LogP contribution in [0.5, 0.6) is 11.5 Å². The van der Waals surface area contributed by atoms with E-state index in [1.165, 1.54) is 6.33 Å². The number of H-pyrrole nitrogens is 1. The van der Waals surface area contributed by atoms with Gasteiger partial charge in [0.2, 0.25) is 0 Å². The number of ether oxygens (including phenoxy) is 2. The van der Waals surface area contributed by atoms with E-state index in [1.807, 2.05) is 30.3 Å². The molecule has 1 aliphatic rings. The second-order valence-electron chi connectivity index (χ2n) is 7.69. The predicted octanol–water partition coefficient (Wildman–Crippen LogP) is 4.54. The highest BCUT2D eigenvalue weighted by atomic mass is 35.5. The van der Waals surface area contributed by atoms with Gasteiger partial charge in [-0.2, -0.15) is 0 Å². The molecule has 168 valence electrons. The average molecular weight is 465 g/mol. The summed E-state index contributed by atoms with van der Waals surface area (Å²) in [6, 6.07) is 14.3. The number of ketones is 1. The summed E-state index contributed by atoms with van der Waals surface area (Å²) in [6.07, 6.45) is 3.96. The average Bonchev–Trinajstić information content (AvgIpc) is 3.47. The number of halogens is 1. The van der Waals surface area contributed by atoms with E-state index in [0.717, 1.165) is 12.8 Å². The van der Waals surface area contributed by atoms with E-state index < -0.39 is 0 Å². The van der Waals surface area contributed by atoms with Gasteiger partial charge in [-0.15, -0.1) is 0 Å². The van der Waals surface area contributed by atoms with E-state index in [9.17, 15) is 9.90 Å². The van der Waals surface area contributed by atoms with E-state index in [2.05, 4.69) is 20.3 Å². The van der Waals surface area contributed by atoms with Crippen LogP contribution in [0.1, 0.15) is 28.8 Å². The Labute approximate surface area is 194 Å². The molecule has 1 fully saturated rings. The molecule has 0 bridgehead atoms. The number of aromatic amines is 1. The van der Waals surface area contributed by atoms with Crippen molar-refractivity contribution in [3.63, 3.8) is 0 Å². The van der Waals surface area contributed by atoms with Gasteiger partial charge >= 0.3 is 0 Å². The molecule has 2 aromatic carbocycles. The Morgan fingerprint density at radius 1 is 1.15 bits per heavy atom. The Hall–Kier alpha value is -3.46. The van der Waals surface area contributed by atoms with Gasteiger partial charge in [-0.25, -0.2) is 9.97 Å². The van der Waals surface area contributed by atoms with Crippen LogP contribution in [0.4, 0.5) is 5.82 Å². The Bertz CT molecular complexity index is 1290. The van der Waals surface area contributed by atoms with Crippen molar-refractivity contribution in [3.05, 3.63) is 77.2 Å². The van der Waals surface area contributed by atoms with Crippen LogP contribution in [0.2, 0.25) is 5.02 Å². The highest BCUT2D eigenvalue weighted by Crippen LogP contribution is 2.32. The highest BCUT2D eigenvalue weighted by molar-refractivity contribution is 6.35. The molecule has 2 atom stereocenters. The Morgan fingerprint density at radius 3 is 2.76 bits per heavy atom. The smallest absolute Gasteiger partial charge is 0.196 e. The molecule has 8 nitrogen and oxygen atoms in total. The van der Waals surface area contributed by atoms with E-state index in [1.54, 1.807) is 24.4 Å². The lowest BCUT2D eigenvalue weighted by atomic mass is 10.0. The minimum Gasteiger partial charge on any atom is -0.457 e. The highest BCUT2D eigenvalue weighted by Gasteiger charge is 2.27. The summed E-state index contributed by atoms with van der Waals surface area (Å²) in [5, 5.41) is 13.4. The van der Waals surface area contributed by atoms with Crippen LogP contribution in [0, 0.1) is 0 Å². The van der Waals surface area contributed by atoms with Crippen molar-refractivity contribution in [2.24, 2.45) is 0 Å². The van der Waals surface area contributed by atoms with Gasteiger partial charge in [-0.3, -0.25) is 4.79 Å². The first-order valence-electron chi connectivity index (χ1n) is 10.5. The summed E-state index contributed by atoms with van der Waals surface area (Å²) in [7, 11) is 0. The number of fused-ring (bicyclic) bond motifs is 1. The lowest BCUT2D eigenvalue weighted by Gasteiger charge is -2.15. The molecule has 1 saturated heterocycles. The molecule has 0 radical (unpaired) electrons. The van der Waals surface area contributed by atoms with Crippen molar-refractivity contribution >= 4 is 34.2 Å². The van der Waals surface area contributed by atoms with E-state index >= 15 is 0 Å². The number of carbonyl (C=O) groups is 1. The summed E-state index contributed by atoms with van der Waals surface area (Å²) in [5.41, 5.74) is 1.25. The largest absolute Gasteiger partial charge is 0.457 e. The first-order chi connectivity index (χ1) is 16.1. The zero-order valence-electron chi connectivity index (χ0n) is 17.5. The summed E-state index contributed by atoms with van der Waals surface area (Å²) >= 11 is 6.47. The molecule has 3 N–H and O–H groups in total. The number of aliphatic hydroxyl groups excluding tert-OH is 1. The van der Waals surface area contributed by atoms with Crippen molar-refractivity contribution in [3.8, 4) is 11.5 Å². The third kappa shape index (κ3) is 4.41. The number of rotatable bonds is 7. The maximum atomic E-state index is 13.4. The number of nitrogens with one attached hydrogen (secondary N) is 2. The number of nitrogens with zero attached hydrogens (tertiary/aromatic N) is 2. The molecule has 0 spiro atoms. The maximum Gasteiger partial charge on any atom is 0.196 e. The maximum absolute atomic E-state index is 13.4. The molecule has 1 aliphatic heterocycles. The number of benzene rings is 2. The number of aromatic nitrogens is 3. The molecule has 33 heavy (non-hydrogen) atoms. The first-order valence-corrected chi connectivity index (χ1v) is 10.9. The number of aliphatic hydroxyl groups is 1. The zero-order chi connectivity index (χ0) is 22.8. The molecule has 3 heterocycles. The number of para-hydroxylation sites is 1. The Kier molecular flexibility index (Phi) is 5.95. The summed E-state index contributed by atoms with van der Waals surface area (Å²) in [4.78, 5) is 25.0. The van der Waals surface area contributed by atoms with E-state index in [-0.39, 0.29) is 29.7 Å². The van der Waals surface area contributed by atoms with Crippen molar-refractivity contribution in [1.82, 2.24) is 15.0 Å². The number of carbonyl (C=O) groups excluding carboxylic acids is 1. The molecule has 0 aliphatic carbocycles. The first kappa shape index (κ1) is 21.4. The van der Waals surface area contributed by atoms with Crippen LogP contribution in [0.15, 0.2) is 61.1 Å². The SMILES string of the molecule is O=C(c1ccc(Oc2ccccc2)cc1Cl)c1c[nH]c2ncnc(NC3CCC(CO)O3)c12. The molecule has 4 aromatic rings. The van der Waals surface area contributed by atoms with Crippen molar-refractivity contribution in [1.29, 1.82) is 0 Å². The molecule has 0 amide bonds. The van der Waals surface area contributed by atoms with Crippen LogP contribution in [0.3, 0.4) is 0 Å². The van der Waals surface area contributed by atoms with Gasteiger partial charge in [0.05, 0.1) is 28.7 Å². The standard InChI is InChI=1S/C24H21ClN4O4/c25-19-10-15(32-14-4-2-1-3-5-14)6-8-17(19)22(31)18-11-26-23-21(18)24(28-13-27-23)29-20-9-7-16(12-30)33-20/h1-6,8,10-11,13,16,20,30H,7,9,12H2,(H2,26,27,28,29). The van der Waals surface area contributed by atoms with Crippen LogP contribution in [0.25, 0.3) is 11.0 Å². The van der Waals surface area contributed by atoms with Gasteiger partial charge < -0.3 is 24.9 Å². The molecule has 2 unspecified atom stereocenters. The topological polar surface area (TPSA) is 109 Å². The monoisotopic (exact) mass is 464 g/mol. The third-order valence-corrected chi connectivity index (χ3v) is 5.80. The van der Waals surface area contributed by atoms with Crippen LogP contribution < -0.4 is 10.1 Å². The zero-order valence-corrected chi connectivity index (χ0v) is 18.2. The minimum atomic E-state index is -0.309. The van der Waals surface area contributed by atoms with Gasteiger partial charge in [-0.05, 0) is 37.1 Å². The second kappa shape index (κ2) is 9.19. The number of anilines is 1. The Balaban J connectivity index is 1.43. The molecule has 9 heteroatoms. The van der Waals surface area contributed by atoms with Gasteiger partial charge in [0.1, 0.15) is 35.5 Å². The van der Waals surface area contributed by atoms with E-state index in [4.69, 9.17) is 21.1 Å². The molecular formula is C24H21ClN4O4. The van der Waals surface area contributed by atoms with Gasteiger partial charge in [0.15, 0.2) is 5.78 Å². The van der Waals surface area contributed by atoms with Crippen LogP contribution in [-0.4, -0.2) is 44.8 Å². The Morgan fingerprint density at radius 2 is 2.00 bits per heavy atom. The summed E-state index contributed by atoms with van der Waals surface area (Å²) in [6.45, 7) is -0.0340.